The van der Waals surface area contributed by atoms with E-state index in [0.717, 1.165) is 36.6 Å². The monoisotopic (exact) mass is 427 g/mol. The molecule has 2 heterocycles. The minimum Gasteiger partial charge on any atom is -0.468 e. The predicted octanol–water partition coefficient (Wildman–Crippen LogP) is 1.66. The third-order valence-corrected chi connectivity index (χ3v) is 5.36. The number of nitrogens with one attached hydrogen (secondary N) is 2. The summed E-state index contributed by atoms with van der Waals surface area (Å²) in [6.45, 7) is 4.33. The third kappa shape index (κ3) is 6.81. The van der Waals surface area contributed by atoms with E-state index in [-0.39, 0.29) is 11.7 Å². The summed E-state index contributed by atoms with van der Waals surface area (Å²) in [7, 11) is 1.40. The van der Waals surface area contributed by atoms with Crippen LogP contribution in [0, 0.1) is 10.1 Å². The lowest BCUT2D eigenvalue weighted by Gasteiger charge is -2.30. The van der Waals surface area contributed by atoms with Gasteiger partial charge in [0.15, 0.2) is 0 Å². The molecule has 1 aromatic heterocycles. The van der Waals surface area contributed by atoms with Crippen molar-refractivity contribution in [3.8, 4) is 0 Å². The van der Waals surface area contributed by atoms with Crippen LogP contribution in [0.1, 0.15) is 23.4 Å². The maximum Gasteiger partial charge on any atom is 0.323 e. The highest BCUT2D eigenvalue weighted by atomic mass is 16.6. The molecule has 0 saturated heterocycles. The molecule has 9 heteroatoms. The highest BCUT2D eigenvalue weighted by molar-refractivity contribution is 5.75. The van der Waals surface area contributed by atoms with Crippen molar-refractivity contribution in [3.63, 3.8) is 0 Å². The van der Waals surface area contributed by atoms with Crippen molar-refractivity contribution in [1.29, 1.82) is 0 Å². The van der Waals surface area contributed by atoms with Gasteiger partial charge in [0.25, 0.3) is 5.69 Å². The Morgan fingerprint density at radius 1 is 1.16 bits per heavy atom. The van der Waals surface area contributed by atoms with Crippen LogP contribution in [0.2, 0.25) is 0 Å². The van der Waals surface area contributed by atoms with Crippen molar-refractivity contribution in [2.24, 2.45) is 0 Å². The molecule has 1 atom stereocenters. The summed E-state index contributed by atoms with van der Waals surface area (Å²) in [5.74, 6) is -0.285. The summed E-state index contributed by atoms with van der Waals surface area (Å²) < 4.78 is 5.11. The fraction of sp³-hybridized carbons (Fsp3) is 0.455. The average molecular weight is 428 g/mol. The number of methoxy groups -OCH3 is 1. The molecule has 1 unspecified atom stereocenters. The molecule has 1 aliphatic heterocycles. The highest BCUT2D eigenvalue weighted by Gasteiger charge is 2.27. The van der Waals surface area contributed by atoms with Crippen LogP contribution in [0.3, 0.4) is 0 Å². The third-order valence-electron chi connectivity index (χ3n) is 5.36. The van der Waals surface area contributed by atoms with E-state index in [0.29, 0.717) is 32.5 Å². The van der Waals surface area contributed by atoms with Gasteiger partial charge in [-0.3, -0.25) is 24.8 Å². The number of esters is 1. The van der Waals surface area contributed by atoms with Crippen molar-refractivity contribution in [3.05, 3.63) is 69.5 Å². The van der Waals surface area contributed by atoms with Crippen LogP contribution in [0.15, 0.2) is 42.5 Å². The first kappa shape index (κ1) is 22.8. The molecule has 2 N–H and O–H groups in total. The first-order valence-corrected chi connectivity index (χ1v) is 10.5. The van der Waals surface area contributed by atoms with Gasteiger partial charge >= 0.3 is 5.97 Å². The van der Waals surface area contributed by atoms with Gasteiger partial charge in [0.1, 0.15) is 6.04 Å². The number of carbonyl (C=O) groups is 1. The number of nitrogens with zero attached hydrogens (tertiary/aromatic N) is 3. The minimum absolute atomic E-state index is 0.0582. The van der Waals surface area contributed by atoms with Gasteiger partial charge in [-0.1, -0.05) is 18.2 Å². The van der Waals surface area contributed by atoms with Crippen molar-refractivity contribution >= 4 is 11.7 Å². The molecule has 2 bridgehead atoms. The largest absolute Gasteiger partial charge is 0.468 e. The van der Waals surface area contributed by atoms with E-state index in [4.69, 9.17) is 9.72 Å². The Hall–Kier alpha value is -2.88. The van der Waals surface area contributed by atoms with E-state index < -0.39 is 11.0 Å². The maximum atomic E-state index is 12.7. The van der Waals surface area contributed by atoms with Crippen molar-refractivity contribution in [2.75, 3.05) is 33.3 Å². The Kier molecular flexibility index (Phi) is 8.45. The number of nitro benzene ring substituents is 1. The first-order chi connectivity index (χ1) is 15.1. The van der Waals surface area contributed by atoms with E-state index in [9.17, 15) is 14.9 Å². The summed E-state index contributed by atoms with van der Waals surface area (Å²) >= 11 is 0. The number of pyridine rings is 1. The number of hydrogen-bond acceptors (Lipinski definition) is 8. The van der Waals surface area contributed by atoms with Gasteiger partial charge < -0.3 is 15.4 Å². The first-order valence-electron chi connectivity index (χ1n) is 10.5. The molecule has 31 heavy (non-hydrogen) atoms. The van der Waals surface area contributed by atoms with E-state index in [1.807, 2.05) is 18.2 Å². The van der Waals surface area contributed by atoms with Crippen LogP contribution >= 0.6 is 0 Å². The van der Waals surface area contributed by atoms with E-state index in [1.54, 1.807) is 12.1 Å². The Balaban J connectivity index is 1.76. The lowest BCUT2D eigenvalue weighted by molar-refractivity contribution is -0.384. The smallest absolute Gasteiger partial charge is 0.323 e. The summed E-state index contributed by atoms with van der Waals surface area (Å²) in [6.07, 6.45) is 1.16. The lowest BCUT2D eigenvalue weighted by atomic mass is 10.0. The van der Waals surface area contributed by atoms with Crippen LogP contribution in [-0.4, -0.2) is 60.1 Å². The molecule has 2 aromatic rings. The zero-order valence-electron chi connectivity index (χ0n) is 17.8. The van der Waals surface area contributed by atoms with E-state index in [2.05, 4.69) is 15.5 Å². The zero-order valence-corrected chi connectivity index (χ0v) is 17.8. The van der Waals surface area contributed by atoms with Crippen molar-refractivity contribution in [2.45, 2.75) is 32.0 Å². The summed E-state index contributed by atoms with van der Waals surface area (Å²) in [5, 5.41) is 17.6. The van der Waals surface area contributed by atoms with Crippen LogP contribution in [0.25, 0.3) is 0 Å². The Labute approximate surface area is 182 Å². The number of hydrogen-bond donors (Lipinski definition) is 2. The molecular weight excluding hydrogens is 398 g/mol. The lowest BCUT2D eigenvalue weighted by Crippen LogP contribution is -2.45. The number of aryl methyl sites for hydroxylation is 1. The second-order valence-electron chi connectivity index (χ2n) is 7.52. The Morgan fingerprint density at radius 3 is 2.65 bits per heavy atom. The van der Waals surface area contributed by atoms with Gasteiger partial charge in [0, 0.05) is 51.4 Å². The van der Waals surface area contributed by atoms with Gasteiger partial charge in [-0.05, 0) is 30.5 Å². The molecule has 0 spiro atoms. The minimum atomic E-state index is -0.437. The van der Waals surface area contributed by atoms with Crippen molar-refractivity contribution < 1.29 is 14.5 Å². The van der Waals surface area contributed by atoms with Gasteiger partial charge in [-0.25, -0.2) is 0 Å². The molecule has 3 rings (SSSR count). The maximum absolute atomic E-state index is 12.7. The molecule has 166 valence electrons. The molecule has 0 saturated carbocycles. The second-order valence-corrected chi connectivity index (χ2v) is 7.52. The molecule has 0 aliphatic carbocycles. The second kappa shape index (κ2) is 11.5. The number of ether oxygens (including phenoxy) is 1. The van der Waals surface area contributed by atoms with Gasteiger partial charge in [-0.15, -0.1) is 0 Å². The normalized spacial score (nSPS) is 16.5. The SMILES string of the molecule is COC(=O)C(CCc1ccc([N+](=O)[O-])cc1)N1CCNCCNCc2cccc(n2)C1. The summed E-state index contributed by atoms with van der Waals surface area (Å²) in [5.41, 5.74) is 2.88. The van der Waals surface area contributed by atoms with E-state index >= 15 is 0 Å². The standard InChI is InChI=1S/C22H29N5O4/c1-31-22(28)21(10-7-17-5-8-20(9-6-17)27(29)30)26-14-13-23-11-12-24-15-18-3-2-4-19(16-26)25-18/h2-6,8-9,21,23-24H,7,10-16H2,1H3. The molecule has 0 amide bonds. The average Bonchev–Trinajstić information content (AvgIpc) is 2.77. The van der Waals surface area contributed by atoms with Gasteiger partial charge in [-0.2, -0.15) is 0 Å². The number of non-ortho nitro benzene ring substituents is 1. The van der Waals surface area contributed by atoms with E-state index in [1.165, 1.54) is 19.2 Å². The Morgan fingerprint density at radius 2 is 1.90 bits per heavy atom. The Bertz CT molecular complexity index is 874. The number of fused-ring (bicyclic) bond motifs is 2. The van der Waals surface area contributed by atoms with Crippen molar-refractivity contribution in [1.82, 2.24) is 20.5 Å². The number of aromatic nitrogens is 1. The summed E-state index contributed by atoms with van der Waals surface area (Å²) in [4.78, 5) is 30.0. The molecule has 1 aromatic carbocycles. The zero-order chi connectivity index (χ0) is 22.1. The summed E-state index contributed by atoms with van der Waals surface area (Å²) in [6, 6.07) is 12.0. The number of rotatable bonds is 6. The topological polar surface area (TPSA) is 110 Å². The highest BCUT2D eigenvalue weighted by Crippen LogP contribution is 2.17. The fourth-order valence-electron chi connectivity index (χ4n) is 3.68. The van der Waals surface area contributed by atoms with Crippen LogP contribution in [0.4, 0.5) is 5.69 Å². The molecule has 0 radical (unpaired) electrons. The van der Waals surface area contributed by atoms with Crippen LogP contribution in [-0.2, 0) is 29.0 Å². The van der Waals surface area contributed by atoms with Gasteiger partial charge in [0.2, 0.25) is 0 Å². The number of nitro groups is 1. The molecule has 9 nitrogen and oxygen atoms in total. The number of carbonyl (C=O) groups excluding carboxylic acids is 1. The molecule has 1 aliphatic rings. The number of benzene rings is 1. The molecule has 0 fully saturated rings. The fourth-order valence-corrected chi connectivity index (χ4v) is 3.68. The quantitative estimate of drug-likeness (QED) is 0.407. The van der Waals surface area contributed by atoms with Gasteiger partial charge in [0.05, 0.1) is 23.4 Å². The van der Waals surface area contributed by atoms with Crippen LogP contribution in [0.5, 0.6) is 0 Å². The molecular formula is C22H29N5O4. The predicted molar refractivity (Wildman–Crippen MR) is 116 cm³/mol. The van der Waals surface area contributed by atoms with Crippen LogP contribution < -0.4 is 10.6 Å².